The first kappa shape index (κ1) is 14.4. The van der Waals surface area contributed by atoms with Crippen molar-refractivity contribution in [2.45, 2.75) is 25.4 Å². The van der Waals surface area contributed by atoms with Gasteiger partial charge in [-0.15, -0.1) is 0 Å². The second kappa shape index (κ2) is 5.32. The minimum absolute atomic E-state index is 0.0515. The summed E-state index contributed by atoms with van der Waals surface area (Å²) in [6.45, 7) is 1.90. The number of amides is 2. The summed E-state index contributed by atoms with van der Waals surface area (Å²) in [5, 5.41) is 12.7. The number of benzene rings is 1. The van der Waals surface area contributed by atoms with Gasteiger partial charge in [-0.3, -0.25) is 14.6 Å². The molecule has 0 bridgehead atoms. The molecule has 2 aliphatic rings. The number of hydrogen-bond acceptors (Lipinski definition) is 5. The fourth-order valence-electron chi connectivity index (χ4n) is 2.95. The van der Waals surface area contributed by atoms with Crippen LogP contribution in [0, 0.1) is 0 Å². The smallest absolute Gasteiger partial charge is 0.256 e. The Hall–Kier alpha value is -2.57. The third kappa shape index (κ3) is 2.38. The van der Waals surface area contributed by atoms with Crippen molar-refractivity contribution >= 4 is 23.7 Å². The van der Waals surface area contributed by atoms with Gasteiger partial charge in [-0.05, 0) is 12.5 Å². The third-order valence-electron chi connectivity index (χ3n) is 3.92. The molecule has 2 heterocycles. The van der Waals surface area contributed by atoms with Crippen LogP contribution < -0.4 is 10.1 Å². The van der Waals surface area contributed by atoms with Gasteiger partial charge in [0, 0.05) is 31.8 Å². The number of ether oxygens (including phenoxy) is 1. The lowest BCUT2D eigenvalue weighted by Gasteiger charge is -2.20. The number of nitrogens with one attached hydrogen (secondary N) is 1. The Bertz CT molecular complexity index is 671. The molecule has 116 valence electrons. The SMILES string of the molecule is COc1cc2c(cc1O)N=C[C@@H]1C[C@H](NC(C)=O)CN1C2=O. The molecular formula is C15H17N3O4. The molecule has 2 N–H and O–H groups in total. The van der Waals surface area contributed by atoms with Crippen molar-refractivity contribution in [3.8, 4) is 11.5 Å². The number of carbonyl (C=O) groups is 2. The van der Waals surface area contributed by atoms with Gasteiger partial charge >= 0.3 is 0 Å². The van der Waals surface area contributed by atoms with Gasteiger partial charge in [0.1, 0.15) is 0 Å². The first-order valence-corrected chi connectivity index (χ1v) is 7.03. The van der Waals surface area contributed by atoms with E-state index < -0.39 is 0 Å². The van der Waals surface area contributed by atoms with Gasteiger partial charge in [0.2, 0.25) is 5.91 Å². The Labute approximate surface area is 127 Å². The van der Waals surface area contributed by atoms with Crippen LogP contribution in [0.5, 0.6) is 11.5 Å². The number of fused-ring (bicyclic) bond motifs is 2. The van der Waals surface area contributed by atoms with Crippen LogP contribution in [0.2, 0.25) is 0 Å². The average Bonchev–Trinajstić information content (AvgIpc) is 2.81. The normalized spacial score (nSPS) is 22.8. The Kier molecular flexibility index (Phi) is 3.48. The molecule has 2 atom stereocenters. The highest BCUT2D eigenvalue weighted by atomic mass is 16.5. The molecule has 1 saturated heterocycles. The summed E-state index contributed by atoms with van der Waals surface area (Å²) < 4.78 is 5.06. The van der Waals surface area contributed by atoms with Gasteiger partial charge in [0.25, 0.3) is 5.91 Å². The second-order valence-corrected chi connectivity index (χ2v) is 5.48. The summed E-state index contributed by atoms with van der Waals surface area (Å²) in [5.41, 5.74) is 0.811. The zero-order valence-corrected chi connectivity index (χ0v) is 12.4. The number of aromatic hydroxyl groups is 1. The lowest BCUT2D eigenvalue weighted by molar-refractivity contribution is -0.119. The van der Waals surface area contributed by atoms with Crippen LogP contribution in [0.1, 0.15) is 23.7 Å². The van der Waals surface area contributed by atoms with Crippen molar-refractivity contribution in [1.82, 2.24) is 10.2 Å². The molecule has 0 spiro atoms. The standard InChI is InChI=1S/C15H17N3O4/c1-8(19)17-9-3-10-6-16-12-5-13(20)14(22-2)4-11(12)15(21)18(10)7-9/h4-6,9-10,20H,3,7H2,1-2H3,(H,17,19)/t9-,10-/m0/s1. The summed E-state index contributed by atoms with van der Waals surface area (Å²) in [4.78, 5) is 29.9. The minimum atomic E-state index is -0.177. The van der Waals surface area contributed by atoms with E-state index in [9.17, 15) is 14.7 Å². The molecule has 1 fully saturated rings. The maximum Gasteiger partial charge on any atom is 0.256 e. The van der Waals surface area contributed by atoms with Gasteiger partial charge in [-0.25, -0.2) is 0 Å². The molecule has 1 aromatic carbocycles. The molecule has 1 aromatic rings. The van der Waals surface area contributed by atoms with Gasteiger partial charge < -0.3 is 20.1 Å². The number of carbonyl (C=O) groups excluding carboxylic acids is 2. The Morgan fingerprint density at radius 1 is 1.50 bits per heavy atom. The molecule has 0 radical (unpaired) electrons. The van der Waals surface area contributed by atoms with E-state index in [0.717, 1.165) is 0 Å². The lowest BCUT2D eigenvalue weighted by Crippen LogP contribution is -2.38. The number of phenolic OH excluding ortho intramolecular Hbond substituents is 1. The summed E-state index contributed by atoms with van der Waals surface area (Å²) in [5.74, 6) is -0.106. The first-order valence-electron chi connectivity index (χ1n) is 7.03. The van der Waals surface area contributed by atoms with Gasteiger partial charge in [-0.2, -0.15) is 0 Å². The quantitative estimate of drug-likeness (QED) is 0.847. The van der Waals surface area contributed by atoms with Crippen LogP contribution in [-0.4, -0.2) is 53.8 Å². The molecule has 2 amide bonds. The number of phenols is 1. The van der Waals surface area contributed by atoms with E-state index in [4.69, 9.17) is 4.74 Å². The average molecular weight is 303 g/mol. The van der Waals surface area contributed by atoms with Crippen LogP contribution in [0.4, 0.5) is 5.69 Å². The zero-order chi connectivity index (χ0) is 15.9. The Morgan fingerprint density at radius 3 is 2.95 bits per heavy atom. The van der Waals surface area contributed by atoms with E-state index >= 15 is 0 Å². The maximum absolute atomic E-state index is 12.7. The van der Waals surface area contributed by atoms with Crippen molar-refractivity contribution in [3.63, 3.8) is 0 Å². The fourth-order valence-corrected chi connectivity index (χ4v) is 2.95. The van der Waals surface area contributed by atoms with Crippen molar-refractivity contribution in [3.05, 3.63) is 17.7 Å². The molecule has 22 heavy (non-hydrogen) atoms. The molecule has 7 heteroatoms. The Morgan fingerprint density at radius 2 is 2.27 bits per heavy atom. The summed E-state index contributed by atoms with van der Waals surface area (Å²) >= 11 is 0. The van der Waals surface area contributed by atoms with E-state index in [-0.39, 0.29) is 35.4 Å². The fraction of sp³-hybridized carbons (Fsp3) is 0.400. The van der Waals surface area contributed by atoms with Gasteiger partial charge in [0.05, 0.1) is 24.4 Å². The van der Waals surface area contributed by atoms with Crippen LogP contribution in [-0.2, 0) is 4.79 Å². The van der Waals surface area contributed by atoms with E-state index in [1.807, 2.05) is 0 Å². The molecule has 7 nitrogen and oxygen atoms in total. The highest BCUT2D eigenvalue weighted by Gasteiger charge is 2.37. The van der Waals surface area contributed by atoms with E-state index in [1.165, 1.54) is 26.2 Å². The number of methoxy groups -OCH3 is 1. The van der Waals surface area contributed by atoms with E-state index in [0.29, 0.717) is 24.2 Å². The first-order chi connectivity index (χ1) is 10.5. The van der Waals surface area contributed by atoms with Crippen LogP contribution in [0.25, 0.3) is 0 Å². The highest BCUT2D eigenvalue weighted by Crippen LogP contribution is 2.37. The Balaban J connectivity index is 1.94. The summed E-state index contributed by atoms with van der Waals surface area (Å²) in [6, 6.07) is 2.69. The van der Waals surface area contributed by atoms with E-state index in [1.54, 1.807) is 11.1 Å². The van der Waals surface area contributed by atoms with Crippen molar-refractivity contribution in [2.24, 2.45) is 4.99 Å². The topological polar surface area (TPSA) is 91.2 Å². The van der Waals surface area contributed by atoms with Crippen LogP contribution in [0.15, 0.2) is 17.1 Å². The van der Waals surface area contributed by atoms with E-state index in [2.05, 4.69) is 10.3 Å². The van der Waals surface area contributed by atoms with Crippen LogP contribution >= 0.6 is 0 Å². The molecule has 0 unspecified atom stereocenters. The minimum Gasteiger partial charge on any atom is -0.504 e. The van der Waals surface area contributed by atoms with Crippen molar-refractivity contribution in [1.29, 1.82) is 0 Å². The largest absolute Gasteiger partial charge is 0.504 e. The summed E-state index contributed by atoms with van der Waals surface area (Å²) in [6.07, 6.45) is 2.32. The molecule has 2 aliphatic heterocycles. The highest BCUT2D eigenvalue weighted by molar-refractivity contribution is 6.03. The van der Waals surface area contributed by atoms with Crippen molar-refractivity contribution < 1.29 is 19.4 Å². The predicted molar refractivity (Wildman–Crippen MR) is 79.9 cm³/mol. The summed E-state index contributed by atoms with van der Waals surface area (Å²) in [7, 11) is 1.43. The predicted octanol–water partition coefficient (Wildman–Crippen LogP) is 0.836. The maximum atomic E-state index is 12.7. The van der Waals surface area contributed by atoms with Gasteiger partial charge in [-0.1, -0.05) is 0 Å². The zero-order valence-electron chi connectivity index (χ0n) is 12.4. The number of rotatable bonds is 2. The molecule has 3 rings (SSSR count). The number of hydrogen-bond donors (Lipinski definition) is 2. The molecule has 0 aliphatic carbocycles. The number of aliphatic imine (C=N–C) groups is 1. The van der Waals surface area contributed by atoms with Crippen LogP contribution in [0.3, 0.4) is 0 Å². The molecular weight excluding hydrogens is 286 g/mol. The monoisotopic (exact) mass is 303 g/mol. The number of nitrogens with zero attached hydrogens (tertiary/aromatic N) is 2. The van der Waals surface area contributed by atoms with Gasteiger partial charge in [0.15, 0.2) is 11.5 Å². The third-order valence-corrected chi connectivity index (χ3v) is 3.92. The lowest BCUT2D eigenvalue weighted by atomic mass is 10.1. The van der Waals surface area contributed by atoms with Crippen molar-refractivity contribution in [2.75, 3.05) is 13.7 Å². The molecule has 0 aromatic heterocycles. The molecule has 0 saturated carbocycles. The second-order valence-electron chi connectivity index (χ2n) is 5.48.